The zero-order valence-electron chi connectivity index (χ0n) is 17.2. The van der Waals surface area contributed by atoms with Crippen molar-refractivity contribution in [3.05, 3.63) is 70.6 Å². The number of primary amides is 1. The molecule has 0 aliphatic carbocycles. The van der Waals surface area contributed by atoms with E-state index < -0.39 is 5.91 Å². The summed E-state index contributed by atoms with van der Waals surface area (Å²) in [5.74, 6) is -0.849. The molecule has 0 spiro atoms. The highest BCUT2D eigenvalue weighted by Gasteiger charge is 2.22. The number of anilines is 2. The second-order valence-electron chi connectivity index (χ2n) is 6.92. The van der Waals surface area contributed by atoms with Gasteiger partial charge in [-0.1, -0.05) is 48.0 Å². The Morgan fingerprint density at radius 2 is 1.52 bits per heavy atom. The van der Waals surface area contributed by atoms with Crippen LogP contribution in [0.3, 0.4) is 0 Å². The van der Waals surface area contributed by atoms with Crippen LogP contribution in [0.2, 0.25) is 0 Å². The fourth-order valence-corrected chi connectivity index (χ4v) is 4.77. The molecule has 3 amide bonds. The molecule has 1 aromatic heterocycles. The van der Waals surface area contributed by atoms with Gasteiger partial charge in [-0.25, -0.2) is 0 Å². The Morgan fingerprint density at radius 1 is 0.903 bits per heavy atom. The largest absolute Gasteiger partial charge is 0.365 e. The predicted molar refractivity (Wildman–Crippen MR) is 129 cm³/mol. The summed E-state index contributed by atoms with van der Waals surface area (Å²) in [4.78, 5) is 37.5. The van der Waals surface area contributed by atoms with E-state index in [1.165, 1.54) is 23.1 Å². The quantitative estimate of drug-likeness (QED) is 0.469. The molecule has 0 atom stereocenters. The summed E-state index contributed by atoms with van der Waals surface area (Å²) < 4.78 is 0. The normalized spacial score (nSPS) is 10.5. The van der Waals surface area contributed by atoms with Crippen molar-refractivity contribution in [2.75, 3.05) is 22.1 Å². The van der Waals surface area contributed by atoms with E-state index in [4.69, 9.17) is 5.73 Å². The van der Waals surface area contributed by atoms with E-state index in [0.29, 0.717) is 16.3 Å². The van der Waals surface area contributed by atoms with Crippen molar-refractivity contribution < 1.29 is 14.4 Å². The molecule has 1 heterocycles. The van der Waals surface area contributed by atoms with Crippen molar-refractivity contribution in [3.8, 4) is 11.1 Å². The van der Waals surface area contributed by atoms with Crippen LogP contribution in [0.1, 0.15) is 20.8 Å². The highest BCUT2D eigenvalue weighted by molar-refractivity contribution is 8.00. The number of thiophene rings is 1. The Kier molecular flexibility index (Phi) is 7.49. The van der Waals surface area contributed by atoms with Gasteiger partial charge in [0.05, 0.1) is 17.1 Å². The van der Waals surface area contributed by atoms with Gasteiger partial charge in [-0.3, -0.25) is 14.4 Å². The maximum Gasteiger partial charge on any atom is 0.252 e. The van der Waals surface area contributed by atoms with E-state index >= 15 is 0 Å². The number of carbonyl (C=O) groups excluding carboxylic acids is 3. The lowest BCUT2D eigenvalue weighted by Gasteiger charge is -2.07. The number of carbonyl (C=O) groups is 3. The van der Waals surface area contributed by atoms with Crippen LogP contribution in [0.25, 0.3) is 11.1 Å². The van der Waals surface area contributed by atoms with Gasteiger partial charge < -0.3 is 16.4 Å². The third-order valence-corrected chi connectivity index (χ3v) is 6.40. The van der Waals surface area contributed by atoms with Gasteiger partial charge in [-0.15, -0.1) is 23.1 Å². The molecule has 0 bridgehead atoms. The molecule has 0 unspecified atom stereocenters. The van der Waals surface area contributed by atoms with E-state index in [-0.39, 0.29) is 23.3 Å². The number of amides is 3. The Balaban J connectivity index is 1.60. The number of thioether (sulfide) groups is 1. The van der Waals surface area contributed by atoms with Gasteiger partial charge in [0.2, 0.25) is 11.8 Å². The molecule has 0 aliphatic rings. The van der Waals surface area contributed by atoms with Crippen molar-refractivity contribution in [1.29, 1.82) is 0 Å². The molecule has 0 saturated carbocycles. The summed E-state index contributed by atoms with van der Waals surface area (Å²) in [6.07, 6.45) is 0. The van der Waals surface area contributed by atoms with E-state index in [1.54, 1.807) is 0 Å². The molecule has 160 valence electrons. The summed E-state index contributed by atoms with van der Waals surface area (Å²) >= 11 is 2.51. The van der Waals surface area contributed by atoms with Crippen LogP contribution in [0.5, 0.6) is 0 Å². The lowest BCUT2D eigenvalue weighted by Crippen LogP contribution is -2.20. The number of aryl methyl sites for hydroxylation is 2. The monoisotopic (exact) mass is 453 g/mol. The zero-order valence-corrected chi connectivity index (χ0v) is 18.9. The van der Waals surface area contributed by atoms with Crippen LogP contribution in [-0.4, -0.2) is 29.2 Å². The molecule has 6 nitrogen and oxygen atoms in total. The Hall–Kier alpha value is -3.10. The average Bonchev–Trinajstić information content (AvgIpc) is 3.06. The fraction of sp³-hybridized carbons (Fsp3) is 0.174. The summed E-state index contributed by atoms with van der Waals surface area (Å²) in [5.41, 5.74) is 9.36. The van der Waals surface area contributed by atoms with Crippen molar-refractivity contribution in [2.24, 2.45) is 5.73 Å². The summed E-state index contributed by atoms with van der Waals surface area (Å²) in [6.45, 7) is 3.86. The second kappa shape index (κ2) is 10.3. The molecule has 0 radical (unpaired) electrons. The van der Waals surface area contributed by atoms with E-state index in [2.05, 4.69) is 10.6 Å². The first kappa shape index (κ1) is 22.6. The van der Waals surface area contributed by atoms with Gasteiger partial charge in [0.25, 0.3) is 5.91 Å². The van der Waals surface area contributed by atoms with Gasteiger partial charge >= 0.3 is 0 Å². The Labute approximate surface area is 189 Å². The number of nitrogens with two attached hydrogens (primary N) is 1. The van der Waals surface area contributed by atoms with Crippen LogP contribution in [-0.2, 0) is 9.59 Å². The molecular formula is C23H23N3O3S2. The molecule has 8 heteroatoms. The summed E-state index contributed by atoms with van der Waals surface area (Å²) in [5, 5.41) is 6.00. The maximum absolute atomic E-state index is 12.4. The number of rotatable bonds is 8. The fourth-order valence-electron chi connectivity index (χ4n) is 3.05. The van der Waals surface area contributed by atoms with Gasteiger partial charge in [-0.2, -0.15) is 0 Å². The first-order valence-corrected chi connectivity index (χ1v) is 11.5. The molecule has 2 aromatic carbocycles. The third-order valence-electron chi connectivity index (χ3n) is 4.45. The smallest absolute Gasteiger partial charge is 0.252 e. The van der Waals surface area contributed by atoms with Gasteiger partial charge in [-0.05, 0) is 31.5 Å². The molecule has 3 aromatic rings. The minimum absolute atomic E-state index is 0.0805. The lowest BCUT2D eigenvalue weighted by molar-refractivity contribution is -0.114. The van der Waals surface area contributed by atoms with Crippen LogP contribution in [0.15, 0.2) is 54.6 Å². The third kappa shape index (κ3) is 5.96. The van der Waals surface area contributed by atoms with Gasteiger partial charge in [0.15, 0.2) is 0 Å². The van der Waals surface area contributed by atoms with E-state index in [9.17, 15) is 14.4 Å². The van der Waals surface area contributed by atoms with Gasteiger partial charge in [0.1, 0.15) is 5.00 Å². The van der Waals surface area contributed by atoms with E-state index in [0.717, 1.165) is 21.6 Å². The first-order valence-electron chi connectivity index (χ1n) is 9.58. The van der Waals surface area contributed by atoms with Crippen LogP contribution < -0.4 is 16.4 Å². The highest BCUT2D eigenvalue weighted by atomic mass is 32.2. The van der Waals surface area contributed by atoms with Crippen molar-refractivity contribution >= 4 is 51.5 Å². The average molecular weight is 454 g/mol. The lowest BCUT2D eigenvalue weighted by atomic mass is 10.0. The molecule has 0 aliphatic heterocycles. The molecule has 4 N–H and O–H groups in total. The summed E-state index contributed by atoms with van der Waals surface area (Å²) in [7, 11) is 0. The standard InChI is InChI=1S/C23H23N3O3S2/c1-14-8-10-17(11-9-14)25-18(27)12-30-13-19(28)26-23-21(22(24)29)20(15(2)31-23)16-6-4-3-5-7-16/h3-11H,12-13H2,1-2H3,(H2,24,29)(H,25,27)(H,26,28). The topological polar surface area (TPSA) is 101 Å². The maximum atomic E-state index is 12.4. The second-order valence-corrected chi connectivity index (χ2v) is 9.13. The van der Waals surface area contributed by atoms with Crippen LogP contribution in [0, 0.1) is 13.8 Å². The Morgan fingerprint density at radius 3 is 2.13 bits per heavy atom. The highest BCUT2D eigenvalue weighted by Crippen LogP contribution is 2.39. The molecular weight excluding hydrogens is 430 g/mol. The van der Waals surface area contributed by atoms with Gasteiger partial charge in [0, 0.05) is 16.1 Å². The predicted octanol–water partition coefficient (Wildman–Crippen LogP) is 4.44. The minimum atomic E-state index is -0.594. The molecule has 31 heavy (non-hydrogen) atoms. The number of hydrogen-bond donors (Lipinski definition) is 3. The van der Waals surface area contributed by atoms with Crippen molar-refractivity contribution in [3.63, 3.8) is 0 Å². The van der Waals surface area contributed by atoms with Crippen molar-refractivity contribution in [1.82, 2.24) is 0 Å². The molecule has 0 saturated heterocycles. The van der Waals surface area contributed by atoms with E-state index in [1.807, 2.05) is 68.4 Å². The Bertz CT molecular complexity index is 1090. The summed E-state index contributed by atoms with van der Waals surface area (Å²) in [6, 6.07) is 17.0. The number of hydrogen-bond acceptors (Lipinski definition) is 5. The van der Waals surface area contributed by atoms with Crippen molar-refractivity contribution in [2.45, 2.75) is 13.8 Å². The number of nitrogens with one attached hydrogen (secondary N) is 2. The SMILES string of the molecule is Cc1ccc(NC(=O)CSCC(=O)Nc2sc(C)c(-c3ccccc3)c2C(N)=O)cc1. The number of benzene rings is 2. The first-order chi connectivity index (χ1) is 14.8. The zero-order chi connectivity index (χ0) is 22.4. The minimum Gasteiger partial charge on any atom is -0.365 e. The molecule has 0 fully saturated rings. The molecule has 3 rings (SSSR count). The van der Waals surface area contributed by atoms with Crippen LogP contribution >= 0.6 is 23.1 Å². The van der Waals surface area contributed by atoms with Crippen LogP contribution in [0.4, 0.5) is 10.7 Å².